The second-order valence-corrected chi connectivity index (χ2v) is 2.80. The molecule has 0 aliphatic carbocycles. The summed E-state index contributed by atoms with van der Waals surface area (Å²) < 4.78 is 0. The van der Waals surface area contributed by atoms with Gasteiger partial charge in [0.2, 0.25) is 0 Å². The molecule has 0 unspecified atom stereocenters. The third kappa shape index (κ3) is 1.95. The highest BCUT2D eigenvalue weighted by molar-refractivity contribution is 7.79. The average molecular weight is 180 g/mol. The van der Waals surface area contributed by atoms with E-state index in [1.54, 1.807) is 0 Å². The molecule has 0 saturated carbocycles. The summed E-state index contributed by atoms with van der Waals surface area (Å²) in [4.78, 5) is 0. The van der Waals surface area contributed by atoms with Crippen LogP contribution in [0.3, 0.4) is 0 Å². The summed E-state index contributed by atoms with van der Waals surface area (Å²) in [6.45, 7) is 2.06. The highest BCUT2D eigenvalue weighted by Crippen LogP contribution is 2.21. The van der Waals surface area contributed by atoms with Crippen molar-refractivity contribution in [2.24, 2.45) is 0 Å². The van der Waals surface area contributed by atoms with Crippen LogP contribution in [0.5, 0.6) is 0 Å². The summed E-state index contributed by atoms with van der Waals surface area (Å²) in [7, 11) is 1.89. The van der Waals surface area contributed by atoms with Crippen molar-refractivity contribution >= 4 is 29.1 Å². The molecule has 2 nitrogen and oxygen atoms in total. The average Bonchev–Trinajstić information content (AvgIpc) is 2.08. The summed E-state index contributed by atoms with van der Waals surface area (Å²) in [6, 6.07) is 6.12. The van der Waals surface area contributed by atoms with Crippen molar-refractivity contribution in [3.05, 3.63) is 23.8 Å². The number of thiocarbonyl (C=S) groups is 1. The zero-order chi connectivity index (χ0) is 8.97. The maximum Gasteiger partial charge on any atom is 0.0659 e. The lowest BCUT2D eigenvalue weighted by molar-refractivity contribution is 1.43. The van der Waals surface area contributed by atoms with Gasteiger partial charge in [-0.05, 0) is 24.6 Å². The smallest absolute Gasteiger partial charge is 0.0659 e. The quantitative estimate of drug-likeness (QED) is 0.698. The number of nitrogens with one attached hydrogen (secondary N) is 2. The molecule has 0 aliphatic heterocycles. The molecule has 3 heteroatoms. The Morgan fingerprint density at radius 1 is 1.33 bits per heavy atom. The van der Waals surface area contributed by atoms with E-state index in [1.165, 1.54) is 11.1 Å². The molecule has 0 fully saturated rings. The molecule has 0 spiro atoms. The standard InChI is InChI=1S/C9H12N2S/c1-7-3-4-8(11-6-12)9(5-7)10-2/h3-6,10H,1-2H3,(H,11,12). The zero-order valence-electron chi connectivity index (χ0n) is 7.22. The molecule has 0 amide bonds. The molecule has 0 saturated heterocycles. The van der Waals surface area contributed by atoms with Crippen LogP contribution in [0.4, 0.5) is 11.4 Å². The normalized spacial score (nSPS) is 9.17. The number of hydrogen-bond acceptors (Lipinski definition) is 2. The molecule has 0 bridgehead atoms. The monoisotopic (exact) mass is 180 g/mol. The van der Waals surface area contributed by atoms with Gasteiger partial charge in [-0.25, -0.2) is 0 Å². The van der Waals surface area contributed by atoms with Crippen LogP contribution >= 0.6 is 12.2 Å². The highest BCUT2D eigenvalue weighted by atomic mass is 32.1. The van der Waals surface area contributed by atoms with Gasteiger partial charge >= 0.3 is 0 Å². The number of aryl methyl sites for hydroxylation is 1. The van der Waals surface area contributed by atoms with Crippen LogP contribution in [-0.4, -0.2) is 12.5 Å². The Kier molecular flexibility index (Phi) is 3.05. The number of anilines is 2. The van der Waals surface area contributed by atoms with Crippen molar-refractivity contribution in [1.82, 2.24) is 0 Å². The number of benzene rings is 1. The second kappa shape index (κ2) is 4.07. The van der Waals surface area contributed by atoms with E-state index in [-0.39, 0.29) is 0 Å². The van der Waals surface area contributed by atoms with Gasteiger partial charge in [-0.3, -0.25) is 0 Å². The Labute approximate surface area is 78.0 Å². The minimum atomic E-state index is 1.01. The van der Waals surface area contributed by atoms with Gasteiger partial charge in [0.1, 0.15) is 0 Å². The maximum atomic E-state index is 4.71. The molecule has 1 aromatic carbocycles. The maximum absolute atomic E-state index is 4.71. The molecule has 0 heterocycles. The Morgan fingerprint density at radius 2 is 2.08 bits per heavy atom. The van der Waals surface area contributed by atoms with Gasteiger partial charge in [0.05, 0.1) is 16.9 Å². The van der Waals surface area contributed by atoms with Gasteiger partial charge < -0.3 is 10.6 Å². The summed E-state index contributed by atoms with van der Waals surface area (Å²) in [5.41, 5.74) is 4.81. The minimum absolute atomic E-state index is 1.01. The first-order valence-electron chi connectivity index (χ1n) is 3.76. The van der Waals surface area contributed by atoms with Crippen molar-refractivity contribution in [2.75, 3.05) is 17.7 Å². The number of hydrogen-bond donors (Lipinski definition) is 2. The fraction of sp³-hybridized carbons (Fsp3) is 0.222. The minimum Gasteiger partial charge on any atom is -0.386 e. The van der Waals surface area contributed by atoms with Crippen LogP contribution in [-0.2, 0) is 0 Å². The van der Waals surface area contributed by atoms with Gasteiger partial charge in [-0.15, -0.1) is 0 Å². The van der Waals surface area contributed by atoms with Crippen LogP contribution in [0.1, 0.15) is 5.56 Å². The van der Waals surface area contributed by atoms with Crippen LogP contribution in [0, 0.1) is 6.92 Å². The third-order valence-corrected chi connectivity index (χ3v) is 1.78. The van der Waals surface area contributed by atoms with Gasteiger partial charge in [0, 0.05) is 7.05 Å². The summed E-state index contributed by atoms with van der Waals surface area (Å²) in [5.74, 6) is 0. The molecule has 12 heavy (non-hydrogen) atoms. The molecule has 0 atom stereocenters. The van der Waals surface area contributed by atoms with Gasteiger partial charge in [-0.2, -0.15) is 0 Å². The highest BCUT2D eigenvalue weighted by Gasteiger charge is 1.97. The summed E-state index contributed by atoms with van der Waals surface area (Å²) in [5, 5.41) is 6.07. The van der Waals surface area contributed by atoms with E-state index in [4.69, 9.17) is 12.2 Å². The Bertz CT molecular complexity index is 284. The SMILES string of the molecule is CNc1cc(C)ccc1NC=S. The van der Waals surface area contributed by atoms with Crippen molar-refractivity contribution in [3.8, 4) is 0 Å². The van der Waals surface area contributed by atoms with Crippen LogP contribution in [0.15, 0.2) is 18.2 Å². The van der Waals surface area contributed by atoms with Crippen molar-refractivity contribution in [3.63, 3.8) is 0 Å². The lowest BCUT2D eigenvalue weighted by Gasteiger charge is -2.08. The first-order valence-corrected chi connectivity index (χ1v) is 4.23. The second-order valence-electron chi connectivity index (χ2n) is 2.56. The van der Waals surface area contributed by atoms with E-state index in [1.807, 2.05) is 19.2 Å². The molecule has 0 aliphatic rings. The lowest BCUT2D eigenvalue weighted by Crippen LogP contribution is -1.98. The molecule has 1 rings (SSSR count). The number of rotatable bonds is 3. The van der Waals surface area contributed by atoms with Gasteiger partial charge in [-0.1, -0.05) is 18.3 Å². The largest absolute Gasteiger partial charge is 0.386 e. The van der Waals surface area contributed by atoms with Crippen LogP contribution < -0.4 is 10.6 Å². The summed E-state index contributed by atoms with van der Waals surface area (Å²) in [6.07, 6.45) is 0. The Balaban J connectivity index is 3.01. The first-order chi connectivity index (χ1) is 5.77. The van der Waals surface area contributed by atoms with Gasteiger partial charge in [0.15, 0.2) is 0 Å². The lowest BCUT2D eigenvalue weighted by atomic mass is 10.2. The Hall–Kier alpha value is -1.09. The van der Waals surface area contributed by atoms with Crippen LogP contribution in [0.25, 0.3) is 0 Å². The molecule has 2 N–H and O–H groups in total. The predicted octanol–water partition coefficient (Wildman–Crippen LogP) is 2.41. The summed E-state index contributed by atoms with van der Waals surface area (Å²) >= 11 is 4.71. The van der Waals surface area contributed by atoms with E-state index in [0.29, 0.717) is 0 Å². The molecule has 1 aromatic rings. The Morgan fingerprint density at radius 3 is 2.67 bits per heavy atom. The van der Waals surface area contributed by atoms with Crippen molar-refractivity contribution < 1.29 is 0 Å². The van der Waals surface area contributed by atoms with Crippen molar-refractivity contribution in [2.45, 2.75) is 6.92 Å². The third-order valence-electron chi connectivity index (χ3n) is 1.66. The van der Waals surface area contributed by atoms with E-state index >= 15 is 0 Å². The van der Waals surface area contributed by atoms with E-state index < -0.39 is 0 Å². The van der Waals surface area contributed by atoms with Crippen molar-refractivity contribution in [1.29, 1.82) is 0 Å². The first kappa shape index (κ1) is 9.00. The topological polar surface area (TPSA) is 24.1 Å². The predicted molar refractivity (Wildman–Crippen MR) is 58.0 cm³/mol. The molecule has 0 radical (unpaired) electrons. The molecular weight excluding hydrogens is 168 g/mol. The fourth-order valence-corrected chi connectivity index (χ4v) is 1.18. The fourth-order valence-electron chi connectivity index (χ4n) is 1.05. The van der Waals surface area contributed by atoms with E-state index in [2.05, 4.69) is 23.6 Å². The van der Waals surface area contributed by atoms with E-state index in [9.17, 15) is 0 Å². The molecule has 64 valence electrons. The van der Waals surface area contributed by atoms with Gasteiger partial charge in [0.25, 0.3) is 0 Å². The zero-order valence-corrected chi connectivity index (χ0v) is 8.03. The molecule has 0 aromatic heterocycles. The van der Waals surface area contributed by atoms with E-state index in [0.717, 1.165) is 11.4 Å². The van der Waals surface area contributed by atoms with Crippen LogP contribution in [0.2, 0.25) is 0 Å². The molecular formula is C9H12N2S.